The number of rotatable bonds is 4. The maximum absolute atomic E-state index is 11.3. The van der Waals surface area contributed by atoms with E-state index in [2.05, 4.69) is 11.0 Å². The van der Waals surface area contributed by atoms with E-state index < -0.39 is 0 Å². The minimum Gasteiger partial charge on any atom is -0.369 e. The lowest BCUT2D eigenvalue weighted by molar-refractivity contribution is -0.121. The first-order valence-corrected chi connectivity index (χ1v) is 7.64. The SMILES string of the molecule is NC(=O)C1CCN(c2cc(C3CC3)nc(C3CC3)n2)C1. The number of nitrogens with zero attached hydrogens (tertiary/aromatic N) is 3. The van der Waals surface area contributed by atoms with Gasteiger partial charge in [0.05, 0.1) is 5.92 Å². The second-order valence-electron chi connectivity index (χ2n) is 6.39. The van der Waals surface area contributed by atoms with Gasteiger partial charge in [-0.2, -0.15) is 0 Å². The molecule has 1 atom stereocenters. The van der Waals surface area contributed by atoms with E-state index in [0.29, 0.717) is 18.4 Å². The number of carbonyl (C=O) groups excluding carboxylic acids is 1. The minimum atomic E-state index is -0.189. The third-order valence-electron chi connectivity index (χ3n) is 4.60. The Kier molecular flexibility index (Phi) is 2.69. The molecule has 4 rings (SSSR count). The number of carbonyl (C=O) groups is 1. The summed E-state index contributed by atoms with van der Waals surface area (Å²) in [5.41, 5.74) is 6.62. The maximum atomic E-state index is 11.3. The van der Waals surface area contributed by atoms with Crippen molar-refractivity contribution in [1.82, 2.24) is 9.97 Å². The van der Waals surface area contributed by atoms with Gasteiger partial charge in [-0.15, -0.1) is 0 Å². The van der Waals surface area contributed by atoms with E-state index in [4.69, 9.17) is 15.7 Å². The molecule has 3 fully saturated rings. The van der Waals surface area contributed by atoms with E-state index in [9.17, 15) is 4.79 Å². The van der Waals surface area contributed by atoms with Crippen LogP contribution in [0.15, 0.2) is 6.07 Å². The summed E-state index contributed by atoms with van der Waals surface area (Å²) >= 11 is 0. The molecule has 0 radical (unpaired) electrons. The first-order valence-electron chi connectivity index (χ1n) is 7.64. The molecule has 0 spiro atoms. The van der Waals surface area contributed by atoms with Crippen molar-refractivity contribution < 1.29 is 4.79 Å². The summed E-state index contributed by atoms with van der Waals surface area (Å²) in [5.74, 6) is 3.02. The highest BCUT2D eigenvalue weighted by Gasteiger charge is 2.33. The summed E-state index contributed by atoms with van der Waals surface area (Å²) in [4.78, 5) is 23.0. The number of hydrogen-bond donors (Lipinski definition) is 1. The van der Waals surface area contributed by atoms with Crippen molar-refractivity contribution in [2.24, 2.45) is 11.7 Å². The van der Waals surface area contributed by atoms with E-state index >= 15 is 0 Å². The predicted octanol–water partition coefficient (Wildman–Crippen LogP) is 1.54. The fraction of sp³-hybridized carbons (Fsp3) is 0.667. The molecule has 20 heavy (non-hydrogen) atoms. The summed E-state index contributed by atoms with van der Waals surface area (Å²) in [6.45, 7) is 1.58. The number of anilines is 1. The molecule has 1 unspecified atom stereocenters. The molecule has 5 heteroatoms. The van der Waals surface area contributed by atoms with Crippen LogP contribution in [0.4, 0.5) is 5.82 Å². The minimum absolute atomic E-state index is 0.0290. The molecular weight excluding hydrogens is 252 g/mol. The van der Waals surface area contributed by atoms with Crippen LogP contribution in [-0.2, 0) is 4.79 Å². The van der Waals surface area contributed by atoms with Crippen molar-refractivity contribution in [1.29, 1.82) is 0 Å². The molecule has 2 saturated carbocycles. The van der Waals surface area contributed by atoms with Gasteiger partial charge < -0.3 is 10.6 Å². The zero-order chi connectivity index (χ0) is 13.7. The van der Waals surface area contributed by atoms with Gasteiger partial charge >= 0.3 is 0 Å². The molecule has 5 nitrogen and oxygen atoms in total. The van der Waals surface area contributed by atoms with Gasteiger partial charge in [0.1, 0.15) is 11.6 Å². The van der Waals surface area contributed by atoms with Crippen LogP contribution in [0.25, 0.3) is 0 Å². The van der Waals surface area contributed by atoms with Gasteiger partial charge in [0.25, 0.3) is 0 Å². The topological polar surface area (TPSA) is 72.1 Å². The number of nitrogens with two attached hydrogens (primary N) is 1. The highest BCUT2D eigenvalue weighted by atomic mass is 16.1. The smallest absolute Gasteiger partial charge is 0.222 e. The fourth-order valence-corrected chi connectivity index (χ4v) is 2.95. The van der Waals surface area contributed by atoms with E-state index in [0.717, 1.165) is 24.6 Å². The summed E-state index contributed by atoms with van der Waals surface area (Å²) in [5, 5.41) is 0. The molecule has 1 aromatic heterocycles. The summed E-state index contributed by atoms with van der Waals surface area (Å²) in [7, 11) is 0. The molecule has 0 aromatic carbocycles. The van der Waals surface area contributed by atoms with Crippen LogP contribution in [0.5, 0.6) is 0 Å². The van der Waals surface area contributed by atoms with Crippen molar-refractivity contribution in [3.63, 3.8) is 0 Å². The van der Waals surface area contributed by atoms with Crippen LogP contribution in [0.1, 0.15) is 55.5 Å². The third kappa shape index (κ3) is 2.25. The molecule has 2 aliphatic carbocycles. The molecular formula is C15H20N4O. The van der Waals surface area contributed by atoms with Crippen LogP contribution in [0, 0.1) is 5.92 Å². The van der Waals surface area contributed by atoms with Crippen LogP contribution in [0.2, 0.25) is 0 Å². The highest BCUT2D eigenvalue weighted by molar-refractivity contribution is 5.78. The molecule has 1 saturated heterocycles. The number of hydrogen-bond acceptors (Lipinski definition) is 4. The van der Waals surface area contributed by atoms with Crippen molar-refractivity contribution in [2.75, 3.05) is 18.0 Å². The lowest BCUT2D eigenvalue weighted by Gasteiger charge is -2.18. The molecule has 2 N–H and O–H groups in total. The normalized spacial score (nSPS) is 26.0. The van der Waals surface area contributed by atoms with Gasteiger partial charge in [0, 0.05) is 36.7 Å². The zero-order valence-corrected chi connectivity index (χ0v) is 11.6. The first kappa shape index (κ1) is 12.1. The lowest BCUT2D eigenvalue weighted by atomic mass is 10.1. The van der Waals surface area contributed by atoms with Gasteiger partial charge in [-0.1, -0.05) is 0 Å². The highest BCUT2D eigenvalue weighted by Crippen LogP contribution is 2.43. The quantitative estimate of drug-likeness (QED) is 0.902. The second-order valence-corrected chi connectivity index (χ2v) is 6.39. The predicted molar refractivity (Wildman–Crippen MR) is 75.5 cm³/mol. The first-order chi connectivity index (χ1) is 9.70. The Balaban J connectivity index is 1.61. The van der Waals surface area contributed by atoms with Crippen molar-refractivity contribution in [3.8, 4) is 0 Å². The standard InChI is InChI=1S/C15H20N4O/c16-14(20)11-5-6-19(8-11)13-7-12(9-1-2-9)17-15(18-13)10-3-4-10/h7,9-11H,1-6,8H2,(H2,16,20). The third-order valence-corrected chi connectivity index (χ3v) is 4.60. The Labute approximate surface area is 118 Å². The Morgan fingerprint density at radius 2 is 1.90 bits per heavy atom. The largest absolute Gasteiger partial charge is 0.369 e. The van der Waals surface area contributed by atoms with Gasteiger partial charge in [-0.3, -0.25) is 4.79 Å². The van der Waals surface area contributed by atoms with E-state index in [1.54, 1.807) is 0 Å². The van der Waals surface area contributed by atoms with Gasteiger partial charge in [0.15, 0.2) is 0 Å². The Morgan fingerprint density at radius 1 is 1.15 bits per heavy atom. The monoisotopic (exact) mass is 272 g/mol. The summed E-state index contributed by atoms with van der Waals surface area (Å²) in [6, 6.07) is 2.13. The van der Waals surface area contributed by atoms with Gasteiger partial charge in [-0.05, 0) is 32.1 Å². The number of primary amides is 1. The van der Waals surface area contributed by atoms with E-state index in [-0.39, 0.29) is 11.8 Å². The van der Waals surface area contributed by atoms with Gasteiger partial charge in [-0.25, -0.2) is 9.97 Å². The Bertz CT molecular complexity index is 521. The summed E-state index contributed by atoms with van der Waals surface area (Å²) < 4.78 is 0. The van der Waals surface area contributed by atoms with Crippen LogP contribution >= 0.6 is 0 Å². The molecule has 0 bridgehead atoms. The molecule has 1 aromatic rings. The second kappa shape index (κ2) is 4.43. The van der Waals surface area contributed by atoms with Crippen LogP contribution in [-0.4, -0.2) is 29.0 Å². The average Bonchev–Trinajstić information content (AvgIpc) is 3.34. The number of amides is 1. The van der Waals surface area contributed by atoms with Crippen molar-refractivity contribution in [2.45, 2.75) is 43.9 Å². The lowest BCUT2D eigenvalue weighted by Crippen LogP contribution is -2.28. The fourth-order valence-electron chi connectivity index (χ4n) is 2.95. The Hall–Kier alpha value is -1.65. The van der Waals surface area contributed by atoms with Gasteiger partial charge in [0.2, 0.25) is 5.91 Å². The van der Waals surface area contributed by atoms with Crippen molar-refractivity contribution in [3.05, 3.63) is 17.6 Å². The van der Waals surface area contributed by atoms with Crippen LogP contribution < -0.4 is 10.6 Å². The maximum Gasteiger partial charge on any atom is 0.222 e. The molecule has 1 amide bonds. The number of aromatic nitrogens is 2. The molecule has 3 aliphatic rings. The van der Waals surface area contributed by atoms with E-state index in [1.807, 2.05) is 0 Å². The van der Waals surface area contributed by atoms with Crippen molar-refractivity contribution >= 4 is 11.7 Å². The molecule has 2 heterocycles. The van der Waals surface area contributed by atoms with E-state index in [1.165, 1.54) is 31.4 Å². The van der Waals surface area contributed by atoms with Crippen LogP contribution in [0.3, 0.4) is 0 Å². The molecule has 106 valence electrons. The Morgan fingerprint density at radius 3 is 2.50 bits per heavy atom. The average molecular weight is 272 g/mol. The summed E-state index contributed by atoms with van der Waals surface area (Å²) in [6.07, 6.45) is 5.79. The molecule has 1 aliphatic heterocycles. The zero-order valence-electron chi connectivity index (χ0n) is 11.6.